The highest BCUT2D eigenvalue weighted by Gasteiger charge is 2.38. The summed E-state index contributed by atoms with van der Waals surface area (Å²) < 4.78 is 29.2. The van der Waals surface area contributed by atoms with Crippen LogP contribution in [0, 0.1) is 0 Å². The summed E-state index contributed by atoms with van der Waals surface area (Å²) in [6.45, 7) is 0.364. The highest BCUT2D eigenvalue weighted by atomic mass is 32.2. The lowest BCUT2D eigenvalue weighted by Gasteiger charge is -2.09. The zero-order valence-corrected chi connectivity index (χ0v) is 7.37. The predicted molar refractivity (Wildman–Crippen MR) is 41.5 cm³/mol. The second kappa shape index (κ2) is 5.31. The average molecular weight is 200 g/mol. The summed E-state index contributed by atoms with van der Waals surface area (Å²) in [6, 6.07) is 0. The van der Waals surface area contributed by atoms with Crippen molar-refractivity contribution in [2.24, 2.45) is 0 Å². The van der Waals surface area contributed by atoms with Gasteiger partial charge in [-0.25, -0.2) is 4.79 Å². The van der Waals surface area contributed by atoms with Gasteiger partial charge in [0.2, 0.25) is 0 Å². The third-order valence-electron chi connectivity index (χ3n) is 1.03. The number of aliphatic carboxylic acids is 1. The maximum absolute atomic E-state index is 12.3. The highest BCUT2D eigenvalue weighted by Crippen LogP contribution is 2.29. The van der Waals surface area contributed by atoms with Gasteiger partial charge < -0.3 is 9.84 Å². The van der Waals surface area contributed by atoms with E-state index in [1.807, 2.05) is 0 Å². The first-order chi connectivity index (χ1) is 5.50. The Labute approximate surface area is 73.1 Å². The lowest BCUT2D eigenvalue weighted by molar-refractivity contribution is -0.152. The van der Waals surface area contributed by atoms with E-state index in [4.69, 9.17) is 5.11 Å². The molecule has 72 valence electrons. The van der Waals surface area contributed by atoms with Crippen LogP contribution in [0.1, 0.15) is 6.42 Å². The minimum Gasteiger partial charge on any atom is -0.476 e. The molecule has 0 radical (unpaired) electrons. The van der Waals surface area contributed by atoms with Crippen molar-refractivity contribution in [3.63, 3.8) is 0 Å². The molecule has 0 amide bonds. The molecule has 0 aromatic carbocycles. The Morgan fingerprint density at radius 1 is 1.67 bits per heavy atom. The van der Waals surface area contributed by atoms with Crippen LogP contribution in [0.4, 0.5) is 8.78 Å². The van der Waals surface area contributed by atoms with Gasteiger partial charge in [0.15, 0.2) is 0 Å². The molecule has 0 rings (SSSR count). The number of halogens is 2. The predicted octanol–water partition coefficient (Wildman–Crippen LogP) is 1.43. The first kappa shape index (κ1) is 11.6. The van der Waals surface area contributed by atoms with Gasteiger partial charge in [0.1, 0.15) is 0 Å². The van der Waals surface area contributed by atoms with Gasteiger partial charge in [-0.2, -0.15) is 8.78 Å². The maximum Gasteiger partial charge on any atom is 0.388 e. The van der Waals surface area contributed by atoms with Crippen molar-refractivity contribution in [3.05, 3.63) is 0 Å². The Morgan fingerprint density at radius 3 is 2.67 bits per heavy atom. The van der Waals surface area contributed by atoms with Gasteiger partial charge in [-0.05, 0) is 6.42 Å². The molecule has 1 N–H and O–H groups in total. The summed E-state index contributed by atoms with van der Waals surface area (Å²) in [7, 11) is 1.46. The standard InChI is InChI=1S/C6H10F2O3S/c1-11-3-2-4-12-6(7,8)5(9)10/h2-4H2,1H3,(H,9,10). The third-order valence-corrected chi connectivity index (χ3v) is 2.06. The van der Waals surface area contributed by atoms with E-state index >= 15 is 0 Å². The molecule has 0 heterocycles. The van der Waals surface area contributed by atoms with Crippen molar-refractivity contribution in [2.45, 2.75) is 11.7 Å². The Balaban J connectivity index is 3.54. The molecule has 0 fully saturated rings. The molecule has 0 unspecified atom stereocenters. The lowest BCUT2D eigenvalue weighted by Crippen LogP contribution is -2.24. The molecule has 12 heavy (non-hydrogen) atoms. The largest absolute Gasteiger partial charge is 0.476 e. The Kier molecular flexibility index (Phi) is 5.16. The molecule has 6 heteroatoms. The van der Waals surface area contributed by atoms with Gasteiger partial charge in [-0.15, -0.1) is 0 Å². The smallest absolute Gasteiger partial charge is 0.388 e. The fraction of sp³-hybridized carbons (Fsp3) is 0.833. The second-order valence-electron chi connectivity index (χ2n) is 2.02. The SMILES string of the molecule is COCCCSC(F)(F)C(=O)O. The van der Waals surface area contributed by atoms with Crippen LogP contribution in [0.25, 0.3) is 0 Å². The molecule has 0 aliphatic rings. The molecular weight excluding hydrogens is 190 g/mol. The quantitative estimate of drug-likeness (QED) is 0.659. The summed E-state index contributed by atoms with van der Waals surface area (Å²) >= 11 is 0.114. The summed E-state index contributed by atoms with van der Waals surface area (Å²) in [5.74, 6) is -2.02. The third kappa shape index (κ3) is 4.50. The molecule has 0 atom stereocenters. The Hall–Kier alpha value is -0.360. The van der Waals surface area contributed by atoms with Crippen molar-refractivity contribution >= 4 is 17.7 Å². The minimum atomic E-state index is -3.67. The van der Waals surface area contributed by atoms with Gasteiger partial charge in [0.25, 0.3) is 0 Å². The number of rotatable bonds is 6. The normalized spacial score (nSPS) is 11.6. The average Bonchev–Trinajstić information content (AvgIpc) is 1.98. The first-order valence-corrected chi connectivity index (χ1v) is 4.23. The number of hydrogen-bond donors (Lipinski definition) is 1. The molecule has 0 saturated heterocycles. The van der Waals surface area contributed by atoms with Gasteiger partial charge in [0.05, 0.1) is 0 Å². The molecule has 0 spiro atoms. The summed E-state index contributed by atoms with van der Waals surface area (Å²) in [4.78, 5) is 9.88. The van der Waals surface area contributed by atoms with E-state index in [9.17, 15) is 13.6 Å². The van der Waals surface area contributed by atoms with Gasteiger partial charge >= 0.3 is 11.2 Å². The number of alkyl halides is 2. The van der Waals surface area contributed by atoms with Gasteiger partial charge in [-0.3, -0.25) is 0 Å². The molecule has 0 bridgehead atoms. The summed E-state index contributed by atoms with van der Waals surface area (Å²) in [6.07, 6.45) is 0.421. The van der Waals surface area contributed by atoms with Crippen LogP contribution in [-0.4, -0.2) is 35.8 Å². The number of methoxy groups -OCH3 is 1. The Morgan fingerprint density at radius 2 is 2.25 bits per heavy atom. The minimum absolute atomic E-state index is 0.0765. The van der Waals surface area contributed by atoms with E-state index in [0.717, 1.165) is 0 Å². The molecule has 0 saturated carbocycles. The van der Waals surface area contributed by atoms with Crippen molar-refractivity contribution in [1.82, 2.24) is 0 Å². The van der Waals surface area contributed by atoms with E-state index in [1.54, 1.807) is 0 Å². The number of carboxylic acid groups (broad SMARTS) is 1. The number of carboxylic acids is 1. The van der Waals surface area contributed by atoms with E-state index in [-0.39, 0.29) is 17.5 Å². The summed E-state index contributed by atoms with van der Waals surface area (Å²) in [5.41, 5.74) is 0. The zero-order chi connectivity index (χ0) is 9.61. The maximum atomic E-state index is 12.3. The van der Waals surface area contributed by atoms with Crippen LogP contribution in [0.2, 0.25) is 0 Å². The molecule has 0 aliphatic carbocycles. The monoisotopic (exact) mass is 200 g/mol. The van der Waals surface area contributed by atoms with Gasteiger partial charge in [0, 0.05) is 19.5 Å². The van der Waals surface area contributed by atoms with E-state index in [1.165, 1.54) is 7.11 Å². The van der Waals surface area contributed by atoms with Crippen molar-refractivity contribution < 1.29 is 23.4 Å². The van der Waals surface area contributed by atoms with Crippen LogP contribution in [0.15, 0.2) is 0 Å². The van der Waals surface area contributed by atoms with Crippen molar-refractivity contribution in [1.29, 1.82) is 0 Å². The van der Waals surface area contributed by atoms with E-state index < -0.39 is 11.2 Å². The van der Waals surface area contributed by atoms with Crippen LogP contribution in [0.3, 0.4) is 0 Å². The van der Waals surface area contributed by atoms with Crippen LogP contribution in [-0.2, 0) is 9.53 Å². The van der Waals surface area contributed by atoms with Crippen LogP contribution >= 0.6 is 11.8 Å². The van der Waals surface area contributed by atoms with Crippen LogP contribution < -0.4 is 0 Å². The lowest BCUT2D eigenvalue weighted by atomic mass is 10.5. The number of ether oxygens (including phenoxy) is 1. The van der Waals surface area contributed by atoms with Crippen LogP contribution in [0.5, 0.6) is 0 Å². The zero-order valence-electron chi connectivity index (χ0n) is 6.55. The molecule has 3 nitrogen and oxygen atoms in total. The fourth-order valence-corrected chi connectivity index (χ4v) is 1.11. The Bertz CT molecular complexity index is 152. The number of carbonyl (C=O) groups is 1. The highest BCUT2D eigenvalue weighted by molar-refractivity contribution is 8.01. The first-order valence-electron chi connectivity index (χ1n) is 3.25. The number of hydrogen-bond acceptors (Lipinski definition) is 3. The van der Waals surface area contributed by atoms with Crippen molar-refractivity contribution in [2.75, 3.05) is 19.5 Å². The molecule has 0 aromatic heterocycles. The topological polar surface area (TPSA) is 46.5 Å². The summed E-state index contributed by atoms with van der Waals surface area (Å²) in [5, 5.41) is 4.32. The molecule has 0 aliphatic heterocycles. The van der Waals surface area contributed by atoms with E-state index in [2.05, 4.69) is 4.74 Å². The molecular formula is C6H10F2O3S. The van der Waals surface area contributed by atoms with Gasteiger partial charge in [-0.1, -0.05) is 11.8 Å². The molecule has 0 aromatic rings. The van der Waals surface area contributed by atoms with E-state index in [0.29, 0.717) is 13.0 Å². The fourth-order valence-electron chi connectivity index (χ4n) is 0.465. The number of thioether (sulfide) groups is 1. The van der Waals surface area contributed by atoms with Crippen molar-refractivity contribution in [3.8, 4) is 0 Å². The second-order valence-corrected chi connectivity index (χ2v) is 3.23.